The Morgan fingerprint density at radius 3 is 2.35 bits per heavy atom. The minimum absolute atomic E-state index is 0.0367. The van der Waals surface area contributed by atoms with E-state index in [1.54, 1.807) is 39.0 Å². The van der Waals surface area contributed by atoms with Gasteiger partial charge in [0.1, 0.15) is 11.6 Å². The summed E-state index contributed by atoms with van der Waals surface area (Å²) in [6, 6.07) is 4.00. The van der Waals surface area contributed by atoms with E-state index in [1.807, 2.05) is 0 Å². The lowest BCUT2D eigenvalue weighted by Crippen LogP contribution is -2.44. The van der Waals surface area contributed by atoms with Crippen LogP contribution >= 0.6 is 0 Å². The van der Waals surface area contributed by atoms with Crippen LogP contribution in [0.1, 0.15) is 26.3 Å². The van der Waals surface area contributed by atoms with Gasteiger partial charge in [-0.3, -0.25) is 0 Å². The number of carboxylic acid groups (broad SMARTS) is 1. The first kappa shape index (κ1) is 18.6. The predicted octanol–water partition coefficient (Wildman–Crippen LogP) is 2.22. The number of para-hydroxylation sites is 1. The number of methoxy groups -OCH3 is 2. The maximum atomic E-state index is 11.8. The van der Waals surface area contributed by atoms with Crippen LogP contribution in [-0.2, 0) is 16.0 Å². The SMILES string of the molecule is COc1cccc(CC(NC(=O)OC(C)(C)C)C(=O)O)c1OC. The fourth-order valence-corrected chi connectivity index (χ4v) is 1.98. The first-order chi connectivity index (χ1) is 10.7. The number of alkyl carbamates (subject to hydrolysis) is 1. The van der Waals surface area contributed by atoms with Crippen LogP contribution in [0, 0.1) is 0 Å². The molecule has 0 spiro atoms. The fraction of sp³-hybridized carbons (Fsp3) is 0.500. The molecule has 1 amide bonds. The third-order valence-corrected chi connectivity index (χ3v) is 2.90. The second-order valence-electron chi connectivity index (χ2n) is 5.89. The second-order valence-corrected chi connectivity index (χ2v) is 5.89. The molecule has 2 N–H and O–H groups in total. The fourth-order valence-electron chi connectivity index (χ4n) is 1.98. The van der Waals surface area contributed by atoms with Gasteiger partial charge in [-0.25, -0.2) is 9.59 Å². The van der Waals surface area contributed by atoms with E-state index in [0.717, 1.165) is 0 Å². The molecule has 0 aromatic heterocycles. The van der Waals surface area contributed by atoms with Gasteiger partial charge in [0.25, 0.3) is 0 Å². The zero-order chi connectivity index (χ0) is 17.6. The molecule has 1 rings (SSSR count). The van der Waals surface area contributed by atoms with Crippen molar-refractivity contribution in [3.8, 4) is 11.5 Å². The summed E-state index contributed by atoms with van der Waals surface area (Å²) in [7, 11) is 2.97. The van der Waals surface area contributed by atoms with Crippen molar-refractivity contribution in [2.45, 2.75) is 38.8 Å². The number of hydrogen-bond donors (Lipinski definition) is 2. The molecule has 0 heterocycles. The number of aliphatic carboxylic acids is 1. The van der Waals surface area contributed by atoms with E-state index in [4.69, 9.17) is 14.2 Å². The standard InChI is InChI=1S/C16H23NO6/c1-16(2,3)23-15(20)17-11(14(18)19)9-10-7-6-8-12(21-4)13(10)22-5/h6-8,11H,9H2,1-5H3,(H,17,20)(H,18,19). The summed E-state index contributed by atoms with van der Waals surface area (Å²) in [4.78, 5) is 23.2. The average Bonchev–Trinajstić information content (AvgIpc) is 2.44. The van der Waals surface area contributed by atoms with Gasteiger partial charge in [-0.2, -0.15) is 0 Å². The van der Waals surface area contributed by atoms with Crippen molar-refractivity contribution in [2.24, 2.45) is 0 Å². The van der Waals surface area contributed by atoms with E-state index in [2.05, 4.69) is 5.32 Å². The molecule has 7 nitrogen and oxygen atoms in total. The first-order valence-electron chi connectivity index (χ1n) is 7.10. The number of amides is 1. The Morgan fingerprint density at radius 2 is 1.87 bits per heavy atom. The number of carboxylic acids is 1. The molecule has 0 saturated carbocycles. The molecule has 0 aliphatic heterocycles. The van der Waals surface area contributed by atoms with Gasteiger partial charge in [0.2, 0.25) is 0 Å². The molecule has 1 unspecified atom stereocenters. The number of rotatable bonds is 6. The highest BCUT2D eigenvalue weighted by Gasteiger charge is 2.25. The summed E-state index contributed by atoms with van der Waals surface area (Å²) in [5, 5.41) is 11.7. The number of hydrogen-bond acceptors (Lipinski definition) is 5. The van der Waals surface area contributed by atoms with Crippen LogP contribution in [0.4, 0.5) is 4.79 Å². The largest absolute Gasteiger partial charge is 0.493 e. The Morgan fingerprint density at radius 1 is 1.22 bits per heavy atom. The van der Waals surface area contributed by atoms with E-state index in [9.17, 15) is 14.7 Å². The predicted molar refractivity (Wildman–Crippen MR) is 84.0 cm³/mol. The third kappa shape index (κ3) is 5.69. The zero-order valence-corrected chi connectivity index (χ0v) is 14.0. The normalized spacial score (nSPS) is 12.2. The Kier molecular flexibility index (Phi) is 6.24. The molecule has 0 bridgehead atoms. The smallest absolute Gasteiger partial charge is 0.408 e. The van der Waals surface area contributed by atoms with Gasteiger partial charge in [-0.1, -0.05) is 12.1 Å². The molecule has 0 radical (unpaired) electrons. The van der Waals surface area contributed by atoms with E-state index < -0.39 is 23.7 Å². The van der Waals surface area contributed by atoms with Gasteiger partial charge in [0, 0.05) is 12.0 Å². The maximum Gasteiger partial charge on any atom is 0.408 e. The molecule has 0 aliphatic rings. The van der Waals surface area contributed by atoms with Crippen molar-refractivity contribution in [1.82, 2.24) is 5.32 Å². The topological polar surface area (TPSA) is 94.1 Å². The van der Waals surface area contributed by atoms with Crippen LogP contribution in [0.25, 0.3) is 0 Å². The number of carbonyl (C=O) groups excluding carboxylic acids is 1. The van der Waals surface area contributed by atoms with E-state index in [1.165, 1.54) is 14.2 Å². The van der Waals surface area contributed by atoms with Gasteiger partial charge < -0.3 is 24.6 Å². The zero-order valence-electron chi connectivity index (χ0n) is 14.0. The van der Waals surface area contributed by atoms with Crippen LogP contribution in [0.2, 0.25) is 0 Å². The van der Waals surface area contributed by atoms with Crippen molar-refractivity contribution in [3.05, 3.63) is 23.8 Å². The molecule has 128 valence electrons. The molecule has 0 fully saturated rings. The van der Waals surface area contributed by atoms with Gasteiger partial charge in [-0.05, 0) is 26.8 Å². The summed E-state index contributed by atoms with van der Waals surface area (Å²) in [5.41, 5.74) is -0.101. The minimum atomic E-state index is -1.17. The second kappa shape index (κ2) is 7.71. The summed E-state index contributed by atoms with van der Waals surface area (Å²) in [6.45, 7) is 5.11. The number of benzene rings is 1. The highest BCUT2D eigenvalue weighted by molar-refractivity contribution is 5.80. The molecular weight excluding hydrogens is 302 g/mol. The lowest BCUT2D eigenvalue weighted by atomic mass is 10.0. The van der Waals surface area contributed by atoms with Crippen LogP contribution in [0.3, 0.4) is 0 Å². The lowest BCUT2D eigenvalue weighted by molar-refractivity contribution is -0.139. The first-order valence-corrected chi connectivity index (χ1v) is 7.10. The highest BCUT2D eigenvalue weighted by atomic mass is 16.6. The van der Waals surface area contributed by atoms with Crippen LogP contribution in [-0.4, -0.2) is 43.0 Å². The molecule has 23 heavy (non-hydrogen) atoms. The lowest BCUT2D eigenvalue weighted by Gasteiger charge is -2.22. The monoisotopic (exact) mass is 325 g/mol. The third-order valence-electron chi connectivity index (χ3n) is 2.90. The summed E-state index contributed by atoms with van der Waals surface area (Å²) in [6.07, 6.45) is -0.749. The average molecular weight is 325 g/mol. The van der Waals surface area contributed by atoms with Gasteiger partial charge in [0.05, 0.1) is 14.2 Å². The van der Waals surface area contributed by atoms with E-state index >= 15 is 0 Å². The summed E-state index contributed by atoms with van der Waals surface area (Å²) in [5.74, 6) is -0.237. The highest BCUT2D eigenvalue weighted by Crippen LogP contribution is 2.31. The molecule has 1 atom stereocenters. The van der Waals surface area contributed by atoms with Crippen molar-refractivity contribution in [2.75, 3.05) is 14.2 Å². The summed E-state index contributed by atoms with van der Waals surface area (Å²) < 4.78 is 15.5. The molecular formula is C16H23NO6. The van der Waals surface area contributed by atoms with E-state index in [0.29, 0.717) is 17.1 Å². The van der Waals surface area contributed by atoms with Crippen LogP contribution < -0.4 is 14.8 Å². The van der Waals surface area contributed by atoms with Crippen molar-refractivity contribution < 1.29 is 28.9 Å². The Balaban J connectivity index is 2.93. The molecule has 1 aromatic carbocycles. The maximum absolute atomic E-state index is 11.8. The molecule has 1 aromatic rings. The summed E-state index contributed by atoms with van der Waals surface area (Å²) >= 11 is 0. The van der Waals surface area contributed by atoms with Gasteiger partial charge in [0.15, 0.2) is 11.5 Å². The minimum Gasteiger partial charge on any atom is -0.493 e. The van der Waals surface area contributed by atoms with Crippen molar-refractivity contribution in [1.29, 1.82) is 0 Å². The Bertz CT molecular complexity index is 564. The Hall–Kier alpha value is -2.44. The van der Waals surface area contributed by atoms with Crippen molar-refractivity contribution >= 4 is 12.1 Å². The molecule has 0 saturated heterocycles. The van der Waals surface area contributed by atoms with Crippen LogP contribution in [0.15, 0.2) is 18.2 Å². The number of ether oxygens (including phenoxy) is 3. The molecule has 0 aliphatic carbocycles. The van der Waals surface area contributed by atoms with Crippen LogP contribution in [0.5, 0.6) is 11.5 Å². The number of carbonyl (C=O) groups is 2. The Labute approximate surface area is 135 Å². The van der Waals surface area contributed by atoms with Gasteiger partial charge >= 0.3 is 12.1 Å². The van der Waals surface area contributed by atoms with Gasteiger partial charge in [-0.15, -0.1) is 0 Å². The van der Waals surface area contributed by atoms with Crippen molar-refractivity contribution in [3.63, 3.8) is 0 Å². The quantitative estimate of drug-likeness (QED) is 0.833. The van der Waals surface area contributed by atoms with E-state index in [-0.39, 0.29) is 6.42 Å². The molecule has 7 heteroatoms. The number of nitrogens with one attached hydrogen (secondary N) is 1.